The monoisotopic (exact) mass is 362 g/mol. The summed E-state index contributed by atoms with van der Waals surface area (Å²) < 4.78 is 11.3. The van der Waals surface area contributed by atoms with Crippen LogP contribution in [0.15, 0.2) is 18.7 Å². The zero-order valence-electron chi connectivity index (χ0n) is 15.6. The Kier molecular flexibility index (Phi) is 5.13. The zero-order valence-corrected chi connectivity index (χ0v) is 15.6. The average Bonchev–Trinajstić information content (AvgIpc) is 2.57. The van der Waals surface area contributed by atoms with E-state index in [4.69, 9.17) is 9.47 Å². The van der Waals surface area contributed by atoms with Gasteiger partial charge in [-0.1, -0.05) is 0 Å². The van der Waals surface area contributed by atoms with Crippen molar-refractivity contribution >= 4 is 12.0 Å². The molecule has 1 aromatic rings. The third-order valence-electron chi connectivity index (χ3n) is 4.45. The van der Waals surface area contributed by atoms with Gasteiger partial charge in [-0.2, -0.15) is 0 Å². The van der Waals surface area contributed by atoms with Gasteiger partial charge in [-0.25, -0.2) is 14.8 Å². The predicted octanol–water partition coefficient (Wildman–Crippen LogP) is 1.26. The lowest BCUT2D eigenvalue weighted by atomic mass is 9.91. The van der Waals surface area contributed by atoms with Gasteiger partial charge in [-0.15, -0.1) is 0 Å². The number of aryl methyl sites for hydroxylation is 1. The number of likely N-dealkylation sites (tertiary alicyclic amines) is 1. The molecular weight excluding hydrogens is 336 g/mol. The topological polar surface area (TPSA) is 84.9 Å². The second-order valence-electron chi connectivity index (χ2n) is 7.93. The molecule has 0 unspecified atom stereocenters. The molecule has 2 fully saturated rings. The van der Waals surface area contributed by atoms with Gasteiger partial charge in [0, 0.05) is 25.4 Å². The van der Waals surface area contributed by atoms with Gasteiger partial charge < -0.3 is 19.3 Å². The molecule has 8 nitrogen and oxygen atoms in total. The quantitative estimate of drug-likeness (QED) is 0.805. The number of rotatable bonds is 3. The van der Waals surface area contributed by atoms with E-state index < -0.39 is 11.2 Å². The molecule has 142 valence electrons. The summed E-state index contributed by atoms with van der Waals surface area (Å²) in [5.41, 5.74) is -0.0347. The summed E-state index contributed by atoms with van der Waals surface area (Å²) in [5, 5.41) is 0. The second kappa shape index (κ2) is 7.19. The van der Waals surface area contributed by atoms with E-state index in [1.165, 1.54) is 6.33 Å². The Morgan fingerprint density at radius 1 is 1.19 bits per heavy atom. The number of nitrogens with zero attached hydrogens (tertiary/aromatic N) is 4. The zero-order chi connectivity index (χ0) is 18.8. The predicted molar refractivity (Wildman–Crippen MR) is 93.4 cm³/mol. The van der Waals surface area contributed by atoms with Crippen LogP contribution in [0, 0.1) is 0 Å². The molecule has 0 bridgehead atoms. The van der Waals surface area contributed by atoms with E-state index in [2.05, 4.69) is 9.97 Å². The summed E-state index contributed by atoms with van der Waals surface area (Å²) >= 11 is 0. The van der Waals surface area contributed by atoms with Crippen LogP contribution in [0.3, 0.4) is 0 Å². The van der Waals surface area contributed by atoms with Crippen molar-refractivity contribution in [3.63, 3.8) is 0 Å². The molecule has 2 saturated heterocycles. The van der Waals surface area contributed by atoms with E-state index in [1.54, 1.807) is 22.2 Å². The lowest BCUT2D eigenvalue weighted by Crippen LogP contribution is -2.71. The normalized spacial score (nSPS) is 19.2. The molecule has 2 amide bonds. The molecule has 0 atom stereocenters. The van der Waals surface area contributed by atoms with E-state index in [-0.39, 0.29) is 12.0 Å². The van der Waals surface area contributed by atoms with Crippen LogP contribution >= 0.6 is 0 Å². The molecule has 0 saturated carbocycles. The number of hydrogen-bond donors (Lipinski definition) is 0. The highest BCUT2D eigenvalue weighted by molar-refractivity contribution is 5.78. The summed E-state index contributed by atoms with van der Waals surface area (Å²) in [4.78, 5) is 36.0. The lowest BCUT2D eigenvalue weighted by molar-refractivity contribution is -0.189. The van der Waals surface area contributed by atoms with Gasteiger partial charge in [0.1, 0.15) is 17.5 Å². The number of hydrogen-bond acceptors (Lipinski definition) is 6. The van der Waals surface area contributed by atoms with E-state index in [0.717, 1.165) is 5.56 Å². The fraction of sp³-hybridized carbons (Fsp3) is 0.667. The van der Waals surface area contributed by atoms with E-state index >= 15 is 0 Å². The Morgan fingerprint density at radius 2 is 1.85 bits per heavy atom. The van der Waals surface area contributed by atoms with Crippen LogP contribution in [0.25, 0.3) is 0 Å². The standard InChI is InChI=1S/C18H26N4O4/c1-17(2,3)26-16(24)21-6-7-25-18(10-21)11-22(12-18)15(23)5-4-14-8-19-13-20-9-14/h8-9,13H,4-7,10-12H2,1-3H3. The highest BCUT2D eigenvalue weighted by Crippen LogP contribution is 2.30. The number of carbonyl (C=O) groups excluding carboxylic acids is 2. The number of carbonyl (C=O) groups is 2. The van der Waals surface area contributed by atoms with Crippen LogP contribution in [-0.4, -0.2) is 75.8 Å². The summed E-state index contributed by atoms with van der Waals surface area (Å²) in [6.45, 7) is 8.00. The minimum absolute atomic E-state index is 0.0810. The van der Waals surface area contributed by atoms with E-state index in [0.29, 0.717) is 45.6 Å². The summed E-state index contributed by atoms with van der Waals surface area (Å²) in [5.74, 6) is 0.0810. The number of morpholine rings is 1. The first-order chi connectivity index (χ1) is 12.3. The van der Waals surface area contributed by atoms with E-state index in [1.807, 2.05) is 20.8 Å². The fourth-order valence-electron chi connectivity index (χ4n) is 3.21. The molecule has 0 aliphatic carbocycles. The molecular formula is C18H26N4O4. The molecule has 8 heteroatoms. The Hall–Kier alpha value is -2.22. The van der Waals surface area contributed by atoms with Crippen LogP contribution in [0.1, 0.15) is 32.8 Å². The van der Waals surface area contributed by atoms with Crippen molar-refractivity contribution < 1.29 is 19.1 Å². The van der Waals surface area contributed by atoms with Crippen LogP contribution in [0.5, 0.6) is 0 Å². The van der Waals surface area contributed by atoms with Gasteiger partial charge in [0.2, 0.25) is 5.91 Å². The van der Waals surface area contributed by atoms with Crippen molar-refractivity contribution in [3.8, 4) is 0 Å². The Balaban J connectivity index is 1.48. The first-order valence-corrected chi connectivity index (χ1v) is 8.90. The molecule has 0 aromatic carbocycles. The number of ether oxygens (including phenoxy) is 2. The third-order valence-corrected chi connectivity index (χ3v) is 4.45. The van der Waals surface area contributed by atoms with Gasteiger partial charge in [-0.3, -0.25) is 4.79 Å². The van der Waals surface area contributed by atoms with Gasteiger partial charge in [0.25, 0.3) is 0 Å². The fourth-order valence-corrected chi connectivity index (χ4v) is 3.21. The van der Waals surface area contributed by atoms with Crippen molar-refractivity contribution in [3.05, 3.63) is 24.3 Å². The molecule has 26 heavy (non-hydrogen) atoms. The van der Waals surface area contributed by atoms with E-state index in [9.17, 15) is 9.59 Å². The molecule has 1 aromatic heterocycles. The Bertz CT molecular complexity index is 653. The second-order valence-corrected chi connectivity index (χ2v) is 7.93. The number of amides is 2. The molecule has 0 radical (unpaired) electrons. The maximum Gasteiger partial charge on any atom is 0.410 e. The van der Waals surface area contributed by atoms with Crippen molar-refractivity contribution in [1.82, 2.24) is 19.8 Å². The molecule has 2 aliphatic heterocycles. The van der Waals surface area contributed by atoms with Crippen LogP contribution < -0.4 is 0 Å². The SMILES string of the molecule is CC(C)(C)OC(=O)N1CCOC2(CN(C(=O)CCc3cncnc3)C2)C1. The highest BCUT2D eigenvalue weighted by atomic mass is 16.6. The van der Waals surface area contributed by atoms with Gasteiger partial charge in [0.15, 0.2) is 0 Å². The smallest absolute Gasteiger partial charge is 0.410 e. The average molecular weight is 362 g/mol. The minimum atomic E-state index is -0.523. The third kappa shape index (κ3) is 4.49. The van der Waals surface area contributed by atoms with Crippen LogP contribution in [-0.2, 0) is 20.7 Å². The van der Waals surface area contributed by atoms with Crippen molar-refractivity contribution in [1.29, 1.82) is 0 Å². The highest BCUT2D eigenvalue weighted by Gasteiger charge is 2.50. The maximum atomic E-state index is 12.4. The lowest BCUT2D eigenvalue weighted by Gasteiger charge is -2.53. The van der Waals surface area contributed by atoms with Gasteiger partial charge in [0.05, 0.1) is 26.2 Å². The summed E-state index contributed by atoms with van der Waals surface area (Å²) in [6.07, 6.45) is 5.63. The van der Waals surface area contributed by atoms with Crippen molar-refractivity contribution in [2.45, 2.75) is 44.8 Å². The molecule has 0 N–H and O–H groups in total. The molecule has 1 spiro atoms. The first kappa shape index (κ1) is 18.6. The van der Waals surface area contributed by atoms with Crippen LogP contribution in [0.4, 0.5) is 4.79 Å². The van der Waals surface area contributed by atoms with Crippen molar-refractivity contribution in [2.24, 2.45) is 0 Å². The Morgan fingerprint density at radius 3 is 2.50 bits per heavy atom. The van der Waals surface area contributed by atoms with Gasteiger partial charge >= 0.3 is 6.09 Å². The van der Waals surface area contributed by atoms with Gasteiger partial charge in [-0.05, 0) is 32.8 Å². The molecule has 3 rings (SSSR count). The number of aromatic nitrogens is 2. The maximum absolute atomic E-state index is 12.4. The minimum Gasteiger partial charge on any atom is -0.444 e. The summed E-state index contributed by atoms with van der Waals surface area (Å²) in [7, 11) is 0. The largest absolute Gasteiger partial charge is 0.444 e. The van der Waals surface area contributed by atoms with Crippen molar-refractivity contribution in [2.75, 3.05) is 32.8 Å². The summed E-state index contributed by atoms with van der Waals surface area (Å²) in [6, 6.07) is 0. The molecule has 3 heterocycles. The van der Waals surface area contributed by atoms with Crippen LogP contribution in [0.2, 0.25) is 0 Å². The first-order valence-electron chi connectivity index (χ1n) is 8.90. The molecule has 2 aliphatic rings. The Labute approximate surface area is 153 Å².